The Bertz CT molecular complexity index is 859. The topological polar surface area (TPSA) is 182 Å². The molecule has 4 atom stereocenters. The molecule has 4 unspecified atom stereocenters. The van der Waals surface area contributed by atoms with Crippen LogP contribution in [0.1, 0.15) is 32.3 Å². The lowest BCUT2D eigenvalue weighted by molar-refractivity contribution is -0.145. The van der Waals surface area contributed by atoms with Gasteiger partial charge in [-0.1, -0.05) is 26.0 Å². The molecule has 11 heteroatoms. The first-order valence-corrected chi connectivity index (χ1v) is 10.8. The Morgan fingerprint density at radius 3 is 2.30 bits per heavy atom. The van der Waals surface area contributed by atoms with E-state index in [1.165, 1.54) is 17.0 Å². The molecule has 1 saturated heterocycles. The van der Waals surface area contributed by atoms with Crippen LogP contribution in [0.25, 0.3) is 0 Å². The maximum atomic E-state index is 13.4. The van der Waals surface area contributed by atoms with Gasteiger partial charge in [0.1, 0.15) is 23.9 Å². The highest BCUT2D eigenvalue weighted by Crippen LogP contribution is 2.21. The Kier molecular flexibility index (Phi) is 9.18. The highest BCUT2D eigenvalue weighted by atomic mass is 16.4. The van der Waals surface area contributed by atoms with Gasteiger partial charge >= 0.3 is 5.97 Å². The van der Waals surface area contributed by atoms with E-state index in [0.717, 1.165) is 0 Å². The van der Waals surface area contributed by atoms with E-state index in [2.05, 4.69) is 10.6 Å². The van der Waals surface area contributed by atoms with E-state index < -0.39 is 54.5 Å². The van der Waals surface area contributed by atoms with Crippen LogP contribution in [0.5, 0.6) is 5.75 Å². The number of carbonyl (C=O) groups excluding carboxylic acids is 3. The van der Waals surface area contributed by atoms with Gasteiger partial charge in [-0.15, -0.1) is 0 Å². The molecule has 0 aromatic heterocycles. The molecule has 1 aromatic carbocycles. The van der Waals surface area contributed by atoms with Crippen molar-refractivity contribution in [1.82, 2.24) is 15.5 Å². The molecule has 182 valence electrons. The predicted molar refractivity (Wildman–Crippen MR) is 118 cm³/mol. The largest absolute Gasteiger partial charge is 0.508 e. The average Bonchev–Trinajstić information content (AvgIpc) is 3.26. The normalized spacial score (nSPS) is 18.5. The summed E-state index contributed by atoms with van der Waals surface area (Å²) in [5.41, 5.74) is 6.61. The van der Waals surface area contributed by atoms with Crippen LogP contribution in [0.2, 0.25) is 0 Å². The van der Waals surface area contributed by atoms with Crippen molar-refractivity contribution in [1.29, 1.82) is 0 Å². The number of carbonyl (C=O) groups is 4. The number of carboxylic acid groups (broad SMARTS) is 1. The maximum absolute atomic E-state index is 13.4. The number of likely N-dealkylation sites (tertiary alicyclic amines) is 1. The number of nitrogens with zero attached hydrogens (tertiary/aromatic N) is 1. The fraction of sp³-hybridized carbons (Fsp3) is 0.545. The SMILES string of the molecule is CC(C)C(N)C(=O)NC(Cc1ccc(O)cc1)C(=O)N1CCCC1C(=O)NC(CO)C(=O)O. The summed E-state index contributed by atoms with van der Waals surface area (Å²) >= 11 is 0. The fourth-order valence-electron chi connectivity index (χ4n) is 3.60. The summed E-state index contributed by atoms with van der Waals surface area (Å²) in [5, 5.41) is 32.7. The summed E-state index contributed by atoms with van der Waals surface area (Å²) < 4.78 is 0. The van der Waals surface area contributed by atoms with E-state index in [9.17, 15) is 29.4 Å². The number of aliphatic hydroxyl groups is 1. The van der Waals surface area contributed by atoms with E-state index in [0.29, 0.717) is 18.4 Å². The molecule has 0 radical (unpaired) electrons. The minimum atomic E-state index is -1.48. The molecule has 0 saturated carbocycles. The monoisotopic (exact) mass is 464 g/mol. The number of rotatable bonds is 10. The van der Waals surface area contributed by atoms with Crippen molar-refractivity contribution in [2.75, 3.05) is 13.2 Å². The lowest BCUT2D eigenvalue weighted by Crippen LogP contribution is -2.58. The minimum absolute atomic E-state index is 0.0561. The van der Waals surface area contributed by atoms with Gasteiger partial charge in [0, 0.05) is 13.0 Å². The molecule has 1 aliphatic heterocycles. The molecule has 1 heterocycles. The number of nitrogens with one attached hydrogen (secondary N) is 2. The van der Waals surface area contributed by atoms with Gasteiger partial charge in [-0.05, 0) is 36.5 Å². The highest BCUT2D eigenvalue weighted by molar-refractivity contribution is 5.94. The molecular weight excluding hydrogens is 432 g/mol. The third-order valence-corrected chi connectivity index (χ3v) is 5.65. The number of phenolic OH excluding ortho intramolecular Hbond substituents is 1. The highest BCUT2D eigenvalue weighted by Gasteiger charge is 2.39. The average molecular weight is 465 g/mol. The first kappa shape index (κ1) is 26.1. The number of carboxylic acids is 1. The molecule has 7 N–H and O–H groups in total. The molecule has 0 aliphatic carbocycles. The van der Waals surface area contributed by atoms with Gasteiger partial charge in [0.15, 0.2) is 0 Å². The fourth-order valence-corrected chi connectivity index (χ4v) is 3.60. The summed E-state index contributed by atoms with van der Waals surface area (Å²) in [6.07, 6.45) is 0.946. The number of nitrogens with two attached hydrogens (primary N) is 1. The Hall–Kier alpha value is -3.18. The van der Waals surface area contributed by atoms with Crippen LogP contribution < -0.4 is 16.4 Å². The number of amides is 3. The van der Waals surface area contributed by atoms with Crippen LogP contribution in [0.3, 0.4) is 0 Å². The molecular formula is C22H32N4O7. The molecule has 0 bridgehead atoms. The van der Waals surface area contributed by atoms with Crippen molar-refractivity contribution in [3.8, 4) is 5.75 Å². The second kappa shape index (κ2) is 11.6. The Morgan fingerprint density at radius 1 is 1.12 bits per heavy atom. The van der Waals surface area contributed by atoms with E-state index in [1.54, 1.807) is 26.0 Å². The van der Waals surface area contributed by atoms with Gasteiger partial charge < -0.3 is 36.6 Å². The number of aliphatic hydroxyl groups excluding tert-OH is 1. The maximum Gasteiger partial charge on any atom is 0.328 e. The number of hydrogen-bond acceptors (Lipinski definition) is 7. The molecule has 2 rings (SSSR count). The molecule has 33 heavy (non-hydrogen) atoms. The van der Waals surface area contributed by atoms with Crippen LogP contribution in [0.15, 0.2) is 24.3 Å². The smallest absolute Gasteiger partial charge is 0.328 e. The quantitative estimate of drug-likeness (QED) is 0.254. The summed E-state index contributed by atoms with van der Waals surface area (Å²) in [4.78, 5) is 51.2. The second-order valence-corrected chi connectivity index (χ2v) is 8.47. The van der Waals surface area contributed by atoms with Crippen LogP contribution >= 0.6 is 0 Å². The molecule has 1 aliphatic rings. The molecule has 1 aromatic rings. The van der Waals surface area contributed by atoms with Gasteiger partial charge in [-0.25, -0.2) is 4.79 Å². The van der Waals surface area contributed by atoms with E-state index in [-0.39, 0.29) is 24.6 Å². The summed E-state index contributed by atoms with van der Waals surface area (Å²) in [5.74, 6) is -3.18. The summed E-state index contributed by atoms with van der Waals surface area (Å²) in [7, 11) is 0. The van der Waals surface area contributed by atoms with Crippen LogP contribution in [0, 0.1) is 5.92 Å². The standard InChI is InChI=1S/C22H32N4O7/c1-12(2)18(23)20(30)24-15(10-13-5-7-14(28)8-6-13)21(31)26-9-3-4-17(26)19(29)25-16(11-27)22(32)33/h5-8,12,15-18,27-28H,3-4,9-11,23H2,1-2H3,(H,24,30)(H,25,29)(H,32,33). The summed E-state index contributed by atoms with van der Waals surface area (Å²) in [6.45, 7) is 3.03. The van der Waals surface area contributed by atoms with E-state index in [1.807, 2.05) is 0 Å². The first-order chi connectivity index (χ1) is 15.5. The van der Waals surface area contributed by atoms with Gasteiger partial charge in [0.2, 0.25) is 17.7 Å². The number of hydrogen-bond donors (Lipinski definition) is 6. The van der Waals surface area contributed by atoms with Crippen molar-refractivity contribution in [2.24, 2.45) is 11.7 Å². The third kappa shape index (κ3) is 6.90. The number of aromatic hydroxyl groups is 1. The van der Waals surface area contributed by atoms with Crippen LogP contribution in [-0.4, -0.2) is 81.2 Å². The molecule has 11 nitrogen and oxygen atoms in total. The van der Waals surface area contributed by atoms with E-state index in [4.69, 9.17) is 10.8 Å². The lowest BCUT2D eigenvalue weighted by atomic mass is 10.0. The van der Waals surface area contributed by atoms with Crippen molar-refractivity contribution in [3.63, 3.8) is 0 Å². The van der Waals surface area contributed by atoms with Gasteiger partial charge in [-0.3, -0.25) is 14.4 Å². The lowest BCUT2D eigenvalue weighted by Gasteiger charge is -2.30. The van der Waals surface area contributed by atoms with Gasteiger partial charge in [0.25, 0.3) is 0 Å². The number of aliphatic carboxylic acids is 1. The van der Waals surface area contributed by atoms with Crippen molar-refractivity contribution in [2.45, 2.75) is 57.3 Å². The van der Waals surface area contributed by atoms with Crippen molar-refractivity contribution in [3.05, 3.63) is 29.8 Å². The Balaban J connectivity index is 2.23. The third-order valence-electron chi connectivity index (χ3n) is 5.65. The zero-order chi connectivity index (χ0) is 24.7. The minimum Gasteiger partial charge on any atom is -0.508 e. The van der Waals surface area contributed by atoms with Gasteiger partial charge in [-0.2, -0.15) is 0 Å². The van der Waals surface area contributed by atoms with Gasteiger partial charge in [0.05, 0.1) is 12.6 Å². The predicted octanol–water partition coefficient (Wildman–Crippen LogP) is -1.04. The van der Waals surface area contributed by atoms with Crippen LogP contribution in [-0.2, 0) is 25.6 Å². The molecule has 1 fully saturated rings. The Labute approximate surface area is 191 Å². The number of phenols is 1. The number of benzene rings is 1. The van der Waals surface area contributed by atoms with Crippen molar-refractivity contribution >= 4 is 23.7 Å². The zero-order valence-corrected chi connectivity index (χ0v) is 18.7. The zero-order valence-electron chi connectivity index (χ0n) is 18.7. The molecule has 0 spiro atoms. The Morgan fingerprint density at radius 2 is 1.76 bits per heavy atom. The second-order valence-electron chi connectivity index (χ2n) is 8.47. The van der Waals surface area contributed by atoms with Crippen LogP contribution in [0.4, 0.5) is 0 Å². The molecule has 3 amide bonds. The van der Waals surface area contributed by atoms with E-state index >= 15 is 0 Å². The van der Waals surface area contributed by atoms with Crippen molar-refractivity contribution < 1.29 is 34.5 Å². The summed E-state index contributed by atoms with van der Waals surface area (Å²) in [6, 6.07) is 1.91. The first-order valence-electron chi connectivity index (χ1n) is 10.8.